The van der Waals surface area contributed by atoms with Crippen LogP contribution in [0.4, 0.5) is 5.69 Å². The Hall–Kier alpha value is -0.730. The van der Waals surface area contributed by atoms with Crippen molar-refractivity contribution in [2.45, 2.75) is 33.3 Å². The van der Waals surface area contributed by atoms with Gasteiger partial charge >= 0.3 is 0 Å². The molecule has 0 aliphatic rings. The highest BCUT2D eigenvalue weighted by Gasteiger charge is 2.11. The van der Waals surface area contributed by atoms with Gasteiger partial charge in [-0.05, 0) is 30.5 Å². The zero-order valence-electron chi connectivity index (χ0n) is 11.1. The van der Waals surface area contributed by atoms with Gasteiger partial charge < -0.3 is 10.0 Å². The lowest BCUT2D eigenvalue weighted by molar-refractivity contribution is 0.199. The monoisotopic (exact) mass is 255 g/mol. The van der Waals surface area contributed by atoms with Crippen LogP contribution in [0.25, 0.3) is 0 Å². The van der Waals surface area contributed by atoms with Gasteiger partial charge in [-0.2, -0.15) is 0 Å². The summed E-state index contributed by atoms with van der Waals surface area (Å²) in [7, 11) is 2.05. The molecule has 0 saturated carbocycles. The minimum Gasteiger partial charge on any atom is -0.389 e. The van der Waals surface area contributed by atoms with Gasteiger partial charge in [0, 0.05) is 13.6 Å². The third-order valence-electron chi connectivity index (χ3n) is 3.15. The lowest BCUT2D eigenvalue weighted by atomic mass is 10.1. The van der Waals surface area contributed by atoms with Gasteiger partial charge in [-0.3, -0.25) is 0 Å². The van der Waals surface area contributed by atoms with Gasteiger partial charge in [0.1, 0.15) is 0 Å². The number of hydrogen-bond acceptors (Lipinski definition) is 2. The summed E-state index contributed by atoms with van der Waals surface area (Å²) in [6.45, 7) is 7.16. The zero-order chi connectivity index (χ0) is 13.0. The molecule has 0 aliphatic heterocycles. The fraction of sp³-hybridized carbons (Fsp3) is 0.571. The van der Waals surface area contributed by atoms with Gasteiger partial charge in [-0.15, -0.1) is 0 Å². The normalized spacial score (nSPS) is 14.5. The highest BCUT2D eigenvalue weighted by Crippen LogP contribution is 2.28. The first kappa shape index (κ1) is 14.3. The van der Waals surface area contributed by atoms with Crippen molar-refractivity contribution in [3.05, 3.63) is 28.8 Å². The molecule has 0 radical (unpaired) electrons. The Labute approximate surface area is 109 Å². The molecule has 17 heavy (non-hydrogen) atoms. The fourth-order valence-electron chi connectivity index (χ4n) is 1.79. The van der Waals surface area contributed by atoms with Gasteiger partial charge in [0.25, 0.3) is 0 Å². The molecule has 0 aliphatic carbocycles. The van der Waals surface area contributed by atoms with Crippen LogP contribution in [-0.2, 0) is 0 Å². The molecule has 3 heteroatoms. The average Bonchev–Trinajstić information content (AvgIpc) is 2.28. The fourth-order valence-corrected chi connectivity index (χ4v) is 2.12. The smallest absolute Gasteiger partial charge is 0.0762 e. The molecule has 1 aromatic rings. The summed E-state index contributed by atoms with van der Waals surface area (Å²) < 4.78 is 0. The van der Waals surface area contributed by atoms with Gasteiger partial charge in [0.05, 0.1) is 16.8 Å². The molecule has 2 atom stereocenters. The number of benzene rings is 1. The van der Waals surface area contributed by atoms with E-state index in [9.17, 15) is 5.11 Å². The molecule has 0 saturated heterocycles. The van der Waals surface area contributed by atoms with Crippen molar-refractivity contribution < 1.29 is 5.11 Å². The van der Waals surface area contributed by atoms with E-state index in [1.54, 1.807) is 6.92 Å². The summed E-state index contributed by atoms with van der Waals surface area (Å²) in [4.78, 5) is 2.17. The summed E-state index contributed by atoms with van der Waals surface area (Å²) in [6.07, 6.45) is 0.690. The largest absolute Gasteiger partial charge is 0.389 e. The molecular formula is C14H22ClNO. The molecular weight excluding hydrogens is 234 g/mol. The first-order chi connectivity index (χ1) is 7.95. The number of hydrogen-bond donors (Lipinski definition) is 1. The Kier molecular flexibility index (Phi) is 5.29. The van der Waals surface area contributed by atoms with Gasteiger partial charge in [0.2, 0.25) is 0 Å². The van der Waals surface area contributed by atoms with E-state index in [2.05, 4.69) is 25.8 Å². The van der Waals surface area contributed by atoms with E-state index in [1.807, 2.05) is 18.2 Å². The summed E-state index contributed by atoms with van der Waals surface area (Å²) in [5.41, 5.74) is 1.88. The number of aliphatic hydroxyl groups excluding tert-OH is 1. The number of halogens is 1. The molecule has 2 nitrogen and oxygen atoms in total. The van der Waals surface area contributed by atoms with Crippen LogP contribution in [0.2, 0.25) is 5.02 Å². The lowest BCUT2D eigenvalue weighted by Gasteiger charge is -2.24. The van der Waals surface area contributed by atoms with E-state index in [1.165, 1.54) is 0 Å². The molecule has 1 aromatic carbocycles. The minimum absolute atomic E-state index is 0.471. The highest BCUT2D eigenvalue weighted by molar-refractivity contribution is 6.33. The van der Waals surface area contributed by atoms with Crippen molar-refractivity contribution in [1.82, 2.24) is 0 Å². The number of nitrogens with zero attached hydrogens (tertiary/aromatic N) is 1. The maximum atomic E-state index is 9.49. The molecule has 0 heterocycles. The summed E-state index contributed by atoms with van der Waals surface area (Å²) in [5, 5.41) is 10.2. The maximum absolute atomic E-state index is 9.49. The Balaban J connectivity index is 2.84. The van der Waals surface area contributed by atoms with Crippen molar-refractivity contribution in [2.24, 2.45) is 5.92 Å². The quantitative estimate of drug-likeness (QED) is 0.863. The lowest BCUT2D eigenvalue weighted by Crippen LogP contribution is -2.23. The zero-order valence-corrected chi connectivity index (χ0v) is 11.8. The van der Waals surface area contributed by atoms with Gasteiger partial charge in [-0.25, -0.2) is 0 Å². The van der Waals surface area contributed by atoms with E-state index < -0.39 is 6.10 Å². The van der Waals surface area contributed by atoms with Crippen LogP contribution in [0.5, 0.6) is 0 Å². The van der Waals surface area contributed by atoms with E-state index in [-0.39, 0.29) is 0 Å². The average molecular weight is 256 g/mol. The molecule has 96 valence electrons. The van der Waals surface area contributed by atoms with Crippen LogP contribution < -0.4 is 4.90 Å². The molecule has 0 aromatic heterocycles. The molecule has 0 amide bonds. The second kappa shape index (κ2) is 6.27. The SMILES string of the molecule is CCC(C)CN(C)c1ccc([C@@H](C)O)cc1Cl. The van der Waals surface area contributed by atoms with E-state index in [0.717, 1.165) is 24.2 Å². The summed E-state index contributed by atoms with van der Waals surface area (Å²) in [5.74, 6) is 0.646. The van der Waals surface area contributed by atoms with Crippen LogP contribution in [0, 0.1) is 5.92 Å². The predicted octanol–water partition coefficient (Wildman–Crippen LogP) is 3.88. The van der Waals surface area contributed by atoms with Crippen molar-refractivity contribution >= 4 is 17.3 Å². The third kappa shape index (κ3) is 3.90. The van der Waals surface area contributed by atoms with E-state index >= 15 is 0 Å². The Bertz CT molecular complexity index is 365. The van der Waals surface area contributed by atoms with Crippen LogP contribution in [0.3, 0.4) is 0 Å². The van der Waals surface area contributed by atoms with Gasteiger partial charge in [-0.1, -0.05) is 37.9 Å². The first-order valence-electron chi connectivity index (χ1n) is 6.14. The number of rotatable bonds is 5. The number of aliphatic hydroxyl groups is 1. The van der Waals surface area contributed by atoms with Crippen molar-refractivity contribution in [1.29, 1.82) is 0 Å². The first-order valence-corrected chi connectivity index (χ1v) is 6.52. The molecule has 1 unspecified atom stereocenters. The van der Waals surface area contributed by atoms with Crippen LogP contribution >= 0.6 is 11.6 Å². The van der Waals surface area contributed by atoms with Crippen LogP contribution in [-0.4, -0.2) is 18.7 Å². The Morgan fingerprint density at radius 1 is 1.35 bits per heavy atom. The maximum Gasteiger partial charge on any atom is 0.0762 e. The Morgan fingerprint density at radius 2 is 2.00 bits per heavy atom. The standard InChI is InChI=1S/C14H22ClNO/c1-5-10(2)9-16(4)14-7-6-12(11(3)17)8-13(14)15/h6-8,10-11,17H,5,9H2,1-4H3/t10?,11-/m1/s1. The Morgan fingerprint density at radius 3 is 2.47 bits per heavy atom. The second-order valence-corrected chi connectivity index (χ2v) is 5.19. The van der Waals surface area contributed by atoms with Crippen LogP contribution in [0.15, 0.2) is 18.2 Å². The van der Waals surface area contributed by atoms with Crippen molar-refractivity contribution in [3.63, 3.8) is 0 Å². The second-order valence-electron chi connectivity index (χ2n) is 4.78. The molecule has 1 N–H and O–H groups in total. The van der Waals surface area contributed by atoms with E-state index in [0.29, 0.717) is 10.9 Å². The summed E-state index contributed by atoms with van der Waals surface area (Å²) in [6, 6.07) is 5.75. The third-order valence-corrected chi connectivity index (χ3v) is 3.45. The molecule has 0 fully saturated rings. The van der Waals surface area contributed by atoms with E-state index in [4.69, 9.17) is 11.6 Å². The highest BCUT2D eigenvalue weighted by atomic mass is 35.5. The molecule has 0 spiro atoms. The predicted molar refractivity (Wildman–Crippen MR) is 74.8 cm³/mol. The van der Waals surface area contributed by atoms with Gasteiger partial charge in [0.15, 0.2) is 0 Å². The molecule has 1 rings (SSSR count). The molecule has 0 bridgehead atoms. The summed E-state index contributed by atoms with van der Waals surface area (Å²) >= 11 is 6.24. The van der Waals surface area contributed by atoms with Crippen molar-refractivity contribution in [2.75, 3.05) is 18.5 Å². The topological polar surface area (TPSA) is 23.5 Å². The van der Waals surface area contributed by atoms with Crippen molar-refractivity contribution in [3.8, 4) is 0 Å². The van der Waals surface area contributed by atoms with Crippen LogP contribution in [0.1, 0.15) is 38.9 Å². The minimum atomic E-state index is -0.471. The number of anilines is 1.